The lowest BCUT2D eigenvalue weighted by atomic mass is 10.1. The van der Waals surface area contributed by atoms with Crippen molar-refractivity contribution in [1.82, 2.24) is 4.98 Å². The van der Waals surface area contributed by atoms with Gasteiger partial charge in [0, 0.05) is 17.1 Å². The number of rotatable bonds is 4. The summed E-state index contributed by atoms with van der Waals surface area (Å²) in [7, 11) is 0. The molecule has 0 saturated carbocycles. The summed E-state index contributed by atoms with van der Waals surface area (Å²) in [5, 5.41) is 1.19. The summed E-state index contributed by atoms with van der Waals surface area (Å²) in [5.41, 5.74) is 3.61. The van der Waals surface area contributed by atoms with Crippen molar-refractivity contribution in [3.8, 4) is 5.75 Å². The molecule has 0 aliphatic heterocycles. The number of hydrogen-bond acceptors (Lipinski definition) is 1. The van der Waals surface area contributed by atoms with E-state index < -0.39 is 0 Å². The lowest BCUT2D eigenvalue weighted by Gasteiger charge is -2.11. The maximum atomic E-state index is 5.98. The Labute approximate surface area is 113 Å². The van der Waals surface area contributed by atoms with E-state index in [1.807, 2.05) is 24.4 Å². The van der Waals surface area contributed by atoms with Gasteiger partial charge in [0.05, 0.1) is 0 Å². The van der Waals surface area contributed by atoms with Gasteiger partial charge in [0.2, 0.25) is 0 Å². The number of aryl methyl sites for hydroxylation is 1. The molecule has 3 rings (SSSR count). The van der Waals surface area contributed by atoms with Gasteiger partial charge >= 0.3 is 0 Å². The van der Waals surface area contributed by atoms with Gasteiger partial charge in [-0.25, -0.2) is 0 Å². The first-order chi connectivity index (χ1) is 9.36. The van der Waals surface area contributed by atoms with E-state index in [1.54, 1.807) is 0 Å². The first kappa shape index (κ1) is 11.8. The highest BCUT2D eigenvalue weighted by Crippen LogP contribution is 2.26. The fraction of sp³-hybridized carbons (Fsp3) is 0.176. The van der Waals surface area contributed by atoms with Gasteiger partial charge in [-0.05, 0) is 35.7 Å². The molecular formula is C17H17NO. The van der Waals surface area contributed by atoms with Crippen LogP contribution in [0.2, 0.25) is 0 Å². The van der Waals surface area contributed by atoms with E-state index in [2.05, 4.69) is 42.2 Å². The molecule has 0 saturated heterocycles. The van der Waals surface area contributed by atoms with Crippen LogP contribution in [0.3, 0.4) is 0 Å². The molecule has 2 aromatic carbocycles. The molecule has 19 heavy (non-hydrogen) atoms. The van der Waals surface area contributed by atoms with Crippen molar-refractivity contribution in [2.75, 3.05) is 0 Å². The number of benzene rings is 2. The predicted molar refractivity (Wildman–Crippen MR) is 78.5 cm³/mol. The van der Waals surface area contributed by atoms with Crippen molar-refractivity contribution in [2.45, 2.75) is 20.0 Å². The van der Waals surface area contributed by atoms with Crippen LogP contribution >= 0.6 is 0 Å². The van der Waals surface area contributed by atoms with Gasteiger partial charge in [-0.2, -0.15) is 0 Å². The van der Waals surface area contributed by atoms with Crippen LogP contribution in [0.5, 0.6) is 5.75 Å². The van der Waals surface area contributed by atoms with Gasteiger partial charge in [0.15, 0.2) is 0 Å². The van der Waals surface area contributed by atoms with Crippen molar-refractivity contribution < 1.29 is 4.74 Å². The van der Waals surface area contributed by atoms with Crippen LogP contribution in [-0.2, 0) is 13.0 Å². The van der Waals surface area contributed by atoms with Gasteiger partial charge in [-0.15, -0.1) is 0 Å². The minimum Gasteiger partial charge on any atom is -0.489 e. The number of aromatic nitrogens is 1. The summed E-state index contributed by atoms with van der Waals surface area (Å²) in [4.78, 5) is 3.24. The first-order valence-electron chi connectivity index (χ1n) is 6.63. The minimum atomic E-state index is 0.615. The molecule has 1 aromatic heterocycles. The van der Waals surface area contributed by atoms with Crippen molar-refractivity contribution >= 4 is 10.9 Å². The molecule has 1 heterocycles. The quantitative estimate of drug-likeness (QED) is 0.734. The lowest BCUT2D eigenvalue weighted by molar-refractivity contribution is 0.303. The highest BCUT2D eigenvalue weighted by Gasteiger charge is 2.06. The molecule has 0 atom stereocenters. The summed E-state index contributed by atoms with van der Waals surface area (Å²) < 4.78 is 5.98. The lowest BCUT2D eigenvalue weighted by Crippen LogP contribution is -1.98. The minimum absolute atomic E-state index is 0.615. The fourth-order valence-electron chi connectivity index (χ4n) is 2.27. The molecule has 0 unspecified atom stereocenters. The van der Waals surface area contributed by atoms with Gasteiger partial charge in [-0.3, -0.25) is 0 Å². The molecule has 0 spiro atoms. The third-order valence-corrected chi connectivity index (χ3v) is 3.35. The Morgan fingerprint density at radius 2 is 1.89 bits per heavy atom. The summed E-state index contributed by atoms with van der Waals surface area (Å²) in [5.74, 6) is 0.985. The molecule has 0 radical (unpaired) electrons. The highest BCUT2D eigenvalue weighted by atomic mass is 16.5. The average molecular weight is 251 g/mol. The third kappa shape index (κ3) is 2.48. The number of fused-ring (bicyclic) bond motifs is 1. The highest BCUT2D eigenvalue weighted by molar-refractivity contribution is 5.82. The second-order valence-corrected chi connectivity index (χ2v) is 4.65. The Kier molecular flexibility index (Phi) is 3.23. The van der Waals surface area contributed by atoms with E-state index in [4.69, 9.17) is 4.74 Å². The number of ether oxygens (including phenoxy) is 1. The normalized spacial score (nSPS) is 10.8. The molecule has 2 nitrogen and oxygen atoms in total. The van der Waals surface area contributed by atoms with Gasteiger partial charge in [0.25, 0.3) is 0 Å². The molecule has 3 aromatic rings. The number of H-pyrrole nitrogens is 1. The standard InChI is InChI=1S/C17H17NO/c1-2-14-10-16-15(8-9-18-16)11-17(14)19-12-13-6-4-3-5-7-13/h3-11,18H,2,12H2,1H3. The van der Waals surface area contributed by atoms with E-state index in [9.17, 15) is 0 Å². The zero-order chi connectivity index (χ0) is 13.1. The molecule has 2 heteroatoms. The second kappa shape index (κ2) is 5.19. The fourth-order valence-corrected chi connectivity index (χ4v) is 2.27. The second-order valence-electron chi connectivity index (χ2n) is 4.65. The van der Waals surface area contributed by atoms with E-state index in [0.717, 1.165) is 12.2 Å². The van der Waals surface area contributed by atoms with Crippen LogP contribution in [0.15, 0.2) is 54.7 Å². The number of nitrogens with one attached hydrogen (secondary N) is 1. The zero-order valence-corrected chi connectivity index (χ0v) is 11.0. The van der Waals surface area contributed by atoms with E-state index in [1.165, 1.54) is 22.0 Å². The van der Waals surface area contributed by atoms with Crippen LogP contribution in [0.1, 0.15) is 18.1 Å². The summed E-state index contributed by atoms with van der Waals surface area (Å²) in [6, 6.07) is 16.6. The van der Waals surface area contributed by atoms with Crippen molar-refractivity contribution in [3.63, 3.8) is 0 Å². The summed E-state index contributed by atoms with van der Waals surface area (Å²) in [6.07, 6.45) is 2.93. The van der Waals surface area contributed by atoms with Crippen molar-refractivity contribution in [2.24, 2.45) is 0 Å². The number of aromatic amines is 1. The first-order valence-corrected chi connectivity index (χ1v) is 6.63. The van der Waals surface area contributed by atoms with Crippen LogP contribution in [0.4, 0.5) is 0 Å². The van der Waals surface area contributed by atoms with Crippen molar-refractivity contribution in [1.29, 1.82) is 0 Å². The Bertz CT molecular complexity index is 670. The molecule has 0 fully saturated rings. The third-order valence-electron chi connectivity index (χ3n) is 3.35. The molecule has 96 valence electrons. The Morgan fingerprint density at radius 1 is 1.05 bits per heavy atom. The van der Waals surface area contributed by atoms with Crippen molar-refractivity contribution in [3.05, 3.63) is 65.9 Å². The molecule has 0 aliphatic rings. The maximum absolute atomic E-state index is 5.98. The Balaban J connectivity index is 1.86. The maximum Gasteiger partial charge on any atom is 0.123 e. The van der Waals surface area contributed by atoms with E-state index >= 15 is 0 Å². The monoisotopic (exact) mass is 251 g/mol. The van der Waals surface area contributed by atoms with Crippen LogP contribution in [0.25, 0.3) is 10.9 Å². The van der Waals surface area contributed by atoms with Gasteiger partial charge < -0.3 is 9.72 Å². The average Bonchev–Trinajstić information content (AvgIpc) is 2.92. The van der Waals surface area contributed by atoms with Gasteiger partial charge in [0.1, 0.15) is 12.4 Å². The van der Waals surface area contributed by atoms with Gasteiger partial charge in [-0.1, -0.05) is 37.3 Å². The summed E-state index contributed by atoms with van der Waals surface area (Å²) in [6.45, 7) is 2.77. The molecule has 0 amide bonds. The van der Waals surface area contributed by atoms with E-state index in [-0.39, 0.29) is 0 Å². The largest absolute Gasteiger partial charge is 0.489 e. The molecule has 0 aliphatic carbocycles. The topological polar surface area (TPSA) is 25.0 Å². The SMILES string of the molecule is CCc1cc2[nH]ccc2cc1OCc1ccccc1. The Morgan fingerprint density at radius 3 is 2.68 bits per heavy atom. The zero-order valence-electron chi connectivity index (χ0n) is 11.0. The van der Waals surface area contributed by atoms with Crippen LogP contribution < -0.4 is 4.74 Å². The summed E-state index contributed by atoms with van der Waals surface area (Å²) >= 11 is 0. The molecule has 1 N–H and O–H groups in total. The smallest absolute Gasteiger partial charge is 0.123 e. The van der Waals surface area contributed by atoms with Crippen LogP contribution in [-0.4, -0.2) is 4.98 Å². The molecule has 0 bridgehead atoms. The van der Waals surface area contributed by atoms with Crippen LogP contribution in [0, 0.1) is 0 Å². The number of hydrogen-bond donors (Lipinski definition) is 1. The predicted octanol–water partition coefficient (Wildman–Crippen LogP) is 4.31. The van der Waals surface area contributed by atoms with E-state index in [0.29, 0.717) is 6.61 Å². The Hall–Kier alpha value is -2.22. The molecular weight excluding hydrogens is 234 g/mol.